The zero-order valence-corrected chi connectivity index (χ0v) is 17.9. The van der Waals surface area contributed by atoms with Gasteiger partial charge >= 0.3 is 0 Å². The van der Waals surface area contributed by atoms with Gasteiger partial charge in [-0.1, -0.05) is 35.2 Å². The van der Waals surface area contributed by atoms with Gasteiger partial charge in [0.2, 0.25) is 11.0 Å². The fourth-order valence-corrected chi connectivity index (χ4v) is 4.05. The summed E-state index contributed by atoms with van der Waals surface area (Å²) in [7, 11) is 3.96. The summed E-state index contributed by atoms with van der Waals surface area (Å²) in [6.45, 7) is 4.15. The Kier molecular flexibility index (Phi) is 6.53. The molecule has 0 aliphatic heterocycles. The topological polar surface area (TPSA) is 70.1 Å². The summed E-state index contributed by atoms with van der Waals surface area (Å²) in [5, 5.41) is 15.3. The van der Waals surface area contributed by atoms with Crippen LogP contribution in [0.5, 0.6) is 0 Å². The Bertz CT molecular complexity index is 953. The zero-order valence-electron chi connectivity index (χ0n) is 16.3. The van der Waals surface area contributed by atoms with E-state index in [0.29, 0.717) is 0 Å². The molecular weight excluding hydrogens is 390 g/mol. The number of nitrogens with one attached hydrogen (secondary N) is 2. The molecule has 0 fully saturated rings. The Morgan fingerprint density at radius 2 is 1.86 bits per heavy atom. The third-order valence-corrected chi connectivity index (χ3v) is 6.22. The first kappa shape index (κ1) is 20.2. The number of thioether (sulfide) groups is 1. The molecule has 0 saturated heterocycles. The van der Waals surface area contributed by atoms with Crippen molar-refractivity contribution in [1.29, 1.82) is 0 Å². The van der Waals surface area contributed by atoms with Crippen LogP contribution in [0, 0.1) is 13.8 Å². The predicted octanol–water partition coefficient (Wildman–Crippen LogP) is 4.70. The van der Waals surface area contributed by atoms with Gasteiger partial charge in [-0.05, 0) is 55.3 Å². The Morgan fingerprint density at radius 1 is 1.11 bits per heavy atom. The number of carbonyl (C=O) groups excluding carboxylic acids is 1. The van der Waals surface area contributed by atoms with E-state index in [1.807, 2.05) is 55.4 Å². The molecule has 1 heterocycles. The van der Waals surface area contributed by atoms with Gasteiger partial charge < -0.3 is 15.5 Å². The van der Waals surface area contributed by atoms with Crippen LogP contribution in [0.1, 0.15) is 11.1 Å². The van der Waals surface area contributed by atoms with Crippen molar-refractivity contribution in [3.63, 3.8) is 0 Å². The van der Waals surface area contributed by atoms with Crippen LogP contribution in [-0.2, 0) is 4.79 Å². The highest BCUT2D eigenvalue weighted by Crippen LogP contribution is 2.29. The third kappa shape index (κ3) is 5.24. The van der Waals surface area contributed by atoms with E-state index < -0.39 is 0 Å². The molecule has 3 rings (SSSR count). The number of aromatic nitrogens is 2. The largest absolute Gasteiger partial charge is 0.378 e. The molecule has 0 spiro atoms. The van der Waals surface area contributed by atoms with Crippen molar-refractivity contribution in [3.8, 4) is 0 Å². The van der Waals surface area contributed by atoms with E-state index in [9.17, 15) is 4.79 Å². The number of anilines is 4. The van der Waals surface area contributed by atoms with Crippen LogP contribution in [-0.4, -0.2) is 36.0 Å². The van der Waals surface area contributed by atoms with E-state index in [0.717, 1.165) is 26.5 Å². The summed E-state index contributed by atoms with van der Waals surface area (Å²) < 4.78 is 0.755. The number of rotatable bonds is 7. The molecule has 0 saturated carbocycles. The van der Waals surface area contributed by atoms with E-state index >= 15 is 0 Å². The summed E-state index contributed by atoms with van der Waals surface area (Å²) >= 11 is 2.82. The lowest BCUT2D eigenvalue weighted by atomic mass is 10.1. The van der Waals surface area contributed by atoms with E-state index in [4.69, 9.17) is 0 Å². The fourth-order valence-electron chi connectivity index (χ4n) is 2.49. The second kappa shape index (κ2) is 9.07. The maximum Gasteiger partial charge on any atom is 0.234 e. The molecule has 0 bridgehead atoms. The maximum absolute atomic E-state index is 12.2. The van der Waals surface area contributed by atoms with Crippen molar-refractivity contribution < 1.29 is 4.79 Å². The first-order valence-corrected chi connectivity index (χ1v) is 10.6. The molecule has 0 atom stereocenters. The van der Waals surface area contributed by atoms with Crippen LogP contribution in [0.3, 0.4) is 0 Å². The van der Waals surface area contributed by atoms with Crippen LogP contribution in [0.15, 0.2) is 46.8 Å². The van der Waals surface area contributed by atoms with Gasteiger partial charge in [-0.25, -0.2) is 0 Å². The molecule has 3 aromatic rings. The van der Waals surface area contributed by atoms with Crippen LogP contribution >= 0.6 is 23.1 Å². The number of carbonyl (C=O) groups is 1. The summed E-state index contributed by atoms with van der Waals surface area (Å²) in [6.07, 6.45) is 0. The van der Waals surface area contributed by atoms with E-state index in [2.05, 4.69) is 40.7 Å². The first-order valence-electron chi connectivity index (χ1n) is 8.79. The normalized spacial score (nSPS) is 10.6. The standard InChI is InChI=1S/C20H23N5OS2/c1-13-6-5-7-17(14(13)2)22-19-23-24-20(28-19)27-12-18(26)21-15-8-10-16(11-9-15)25(3)4/h5-11H,12H2,1-4H3,(H,21,26)(H,22,23). The minimum Gasteiger partial charge on any atom is -0.378 e. The van der Waals surface area contributed by atoms with Crippen molar-refractivity contribution >= 4 is 51.2 Å². The average Bonchev–Trinajstić information content (AvgIpc) is 3.12. The molecule has 2 aromatic carbocycles. The monoisotopic (exact) mass is 413 g/mol. The lowest BCUT2D eigenvalue weighted by molar-refractivity contribution is -0.113. The summed E-state index contributed by atoms with van der Waals surface area (Å²) in [4.78, 5) is 14.2. The van der Waals surface area contributed by atoms with E-state index in [1.165, 1.54) is 34.2 Å². The Hall–Kier alpha value is -2.58. The average molecular weight is 414 g/mol. The number of nitrogens with zero attached hydrogens (tertiary/aromatic N) is 3. The molecule has 2 N–H and O–H groups in total. The molecule has 1 aromatic heterocycles. The van der Waals surface area contributed by atoms with Gasteiger partial charge in [0.15, 0.2) is 4.34 Å². The van der Waals surface area contributed by atoms with Crippen LogP contribution in [0.2, 0.25) is 0 Å². The van der Waals surface area contributed by atoms with Crippen molar-refractivity contribution in [2.24, 2.45) is 0 Å². The van der Waals surface area contributed by atoms with Crippen molar-refractivity contribution in [2.45, 2.75) is 18.2 Å². The summed E-state index contributed by atoms with van der Waals surface area (Å²) in [5.74, 6) is 0.218. The Labute approximate surface area is 173 Å². The first-order chi connectivity index (χ1) is 13.4. The molecule has 1 amide bonds. The number of benzene rings is 2. The Morgan fingerprint density at radius 3 is 2.57 bits per heavy atom. The van der Waals surface area contributed by atoms with Crippen molar-refractivity contribution in [3.05, 3.63) is 53.6 Å². The number of amides is 1. The van der Waals surface area contributed by atoms with Crippen LogP contribution in [0.25, 0.3) is 0 Å². The fraction of sp³-hybridized carbons (Fsp3) is 0.250. The molecule has 0 unspecified atom stereocenters. The van der Waals surface area contributed by atoms with Crippen molar-refractivity contribution in [1.82, 2.24) is 10.2 Å². The van der Waals surface area contributed by atoms with Gasteiger partial charge in [0.1, 0.15) is 0 Å². The highest BCUT2D eigenvalue weighted by Gasteiger charge is 2.10. The Balaban J connectivity index is 1.52. The van der Waals surface area contributed by atoms with Gasteiger partial charge in [0.05, 0.1) is 5.75 Å². The molecule has 0 aliphatic carbocycles. The molecule has 146 valence electrons. The zero-order chi connectivity index (χ0) is 20.1. The lowest BCUT2D eigenvalue weighted by Crippen LogP contribution is -2.14. The quantitative estimate of drug-likeness (QED) is 0.548. The predicted molar refractivity (Wildman–Crippen MR) is 119 cm³/mol. The van der Waals surface area contributed by atoms with E-state index in [-0.39, 0.29) is 11.7 Å². The smallest absolute Gasteiger partial charge is 0.234 e. The minimum absolute atomic E-state index is 0.0677. The lowest BCUT2D eigenvalue weighted by Gasteiger charge is -2.12. The van der Waals surface area contributed by atoms with Gasteiger partial charge in [0, 0.05) is 31.2 Å². The number of hydrogen-bond acceptors (Lipinski definition) is 7. The number of aryl methyl sites for hydroxylation is 1. The molecule has 8 heteroatoms. The summed E-state index contributed by atoms with van der Waals surface area (Å²) in [6, 6.07) is 13.8. The van der Waals surface area contributed by atoms with Gasteiger partial charge in [-0.15, -0.1) is 10.2 Å². The SMILES string of the molecule is Cc1cccc(Nc2nnc(SCC(=O)Nc3ccc(N(C)C)cc3)s2)c1C. The third-order valence-electron chi connectivity index (χ3n) is 4.25. The minimum atomic E-state index is -0.0677. The van der Waals surface area contributed by atoms with Crippen LogP contribution < -0.4 is 15.5 Å². The second-order valence-electron chi connectivity index (χ2n) is 6.52. The van der Waals surface area contributed by atoms with E-state index in [1.54, 1.807) is 0 Å². The van der Waals surface area contributed by atoms with Crippen LogP contribution in [0.4, 0.5) is 22.2 Å². The van der Waals surface area contributed by atoms with Crippen molar-refractivity contribution in [2.75, 3.05) is 35.4 Å². The number of hydrogen-bond donors (Lipinski definition) is 2. The maximum atomic E-state index is 12.2. The molecule has 6 nitrogen and oxygen atoms in total. The molecule has 0 aliphatic rings. The highest BCUT2D eigenvalue weighted by atomic mass is 32.2. The molecule has 0 radical (unpaired) electrons. The molecule has 28 heavy (non-hydrogen) atoms. The molecular formula is C20H23N5OS2. The highest BCUT2D eigenvalue weighted by molar-refractivity contribution is 8.01. The van der Waals surface area contributed by atoms with Gasteiger partial charge in [0.25, 0.3) is 0 Å². The summed E-state index contributed by atoms with van der Waals surface area (Å²) in [5.41, 5.74) is 5.30. The van der Waals surface area contributed by atoms with Gasteiger partial charge in [-0.2, -0.15) is 0 Å². The second-order valence-corrected chi connectivity index (χ2v) is 8.72. The van der Waals surface area contributed by atoms with Gasteiger partial charge in [-0.3, -0.25) is 4.79 Å².